The van der Waals surface area contributed by atoms with Gasteiger partial charge in [0.2, 0.25) is 0 Å². The Labute approximate surface area is 165 Å². The number of benzene rings is 2. The van der Waals surface area contributed by atoms with Gasteiger partial charge in [-0.05, 0) is 35.4 Å². The molecular weight excluding hydrogens is 434 g/mol. The van der Waals surface area contributed by atoms with Crippen molar-refractivity contribution in [1.82, 2.24) is 4.98 Å². The molecule has 0 N–H and O–H groups in total. The fourth-order valence-corrected chi connectivity index (χ4v) is 4.10. The van der Waals surface area contributed by atoms with Crippen LogP contribution < -0.4 is 13.7 Å². The summed E-state index contributed by atoms with van der Waals surface area (Å²) >= 11 is 3.46. The molecule has 0 amide bonds. The molecule has 2 aromatic carbocycles. The zero-order valence-corrected chi connectivity index (χ0v) is 16.6. The van der Waals surface area contributed by atoms with Gasteiger partial charge in [-0.2, -0.15) is 8.42 Å². The van der Waals surface area contributed by atoms with Crippen molar-refractivity contribution in [3.05, 3.63) is 64.8 Å². The lowest BCUT2D eigenvalue weighted by Gasteiger charge is -2.24. The van der Waals surface area contributed by atoms with E-state index in [1.807, 2.05) is 18.2 Å². The molecular formula is C19H14BrNO5S. The van der Waals surface area contributed by atoms with Crippen molar-refractivity contribution >= 4 is 26.0 Å². The topological polar surface area (TPSA) is 74.7 Å². The van der Waals surface area contributed by atoms with Crippen molar-refractivity contribution in [3.63, 3.8) is 0 Å². The molecule has 3 aromatic rings. The van der Waals surface area contributed by atoms with Crippen molar-refractivity contribution in [2.45, 2.75) is 11.6 Å². The van der Waals surface area contributed by atoms with Crippen molar-refractivity contribution in [3.8, 4) is 28.4 Å². The number of aromatic nitrogens is 1. The number of methoxy groups -OCH3 is 1. The molecule has 2 heterocycles. The van der Waals surface area contributed by atoms with Gasteiger partial charge in [0.05, 0.1) is 12.7 Å². The Kier molecular flexibility index (Phi) is 4.53. The first kappa shape index (κ1) is 17.8. The third kappa shape index (κ3) is 3.38. The van der Waals surface area contributed by atoms with Gasteiger partial charge in [0.25, 0.3) is 0 Å². The molecule has 0 spiro atoms. The minimum atomic E-state index is -4.12. The largest absolute Gasteiger partial charge is 0.496 e. The van der Waals surface area contributed by atoms with Crippen LogP contribution >= 0.6 is 15.9 Å². The van der Waals surface area contributed by atoms with E-state index in [0.29, 0.717) is 23.7 Å². The van der Waals surface area contributed by atoms with Crippen molar-refractivity contribution in [2.75, 3.05) is 7.11 Å². The number of nitrogens with zero attached hydrogens (tertiary/aromatic N) is 1. The van der Waals surface area contributed by atoms with Gasteiger partial charge in [0.15, 0.2) is 10.8 Å². The maximum Gasteiger partial charge on any atom is 0.356 e. The number of fused-ring (bicyclic) bond motifs is 3. The normalized spacial score (nSPS) is 12.5. The Bertz CT molecular complexity index is 1120. The van der Waals surface area contributed by atoms with Crippen molar-refractivity contribution < 1.29 is 22.1 Å². The molecule has 0 aliphatic carbocycles. The molecule has 4 rings (SSSR count). The Balaban J connectivity index is 1.89. The van der Waals surface area contributed by atoms with E-state index in [1.54, 1.807) is 18.2 Å². The van der Waals surface area contributed by atoms with E-state index in [9.17, 15) is 8.42 Å². The molecule has 0 fully saturated rings. The first-order chi connectivity index (χ1) is 13.0. The highest BCUT2D eigenvalue weighted by Crippen LogP contribution is 2.47. The highest BCUT2D eigenvalue weighted by Gasteiger charge is 2.27. The minimum Gasteiger partial charge on any atom is -0.496 e. The lowest BCUT2D eigenvalue weighted by atomic mass is 9.96. The highest BCUT2D eigenvalue weighted by molar-refractivity contribution is 9.10. The summed E-state index contributed by atoms with van der Waals surface area (Å²) in [6, 6.07) is 13.6. The molecule has 27 heavy (non-hydrogen) atoms. The van der Waals surface area contributed by atoms with Crippen LogP contribution in [0.15, 0.2) is 64.2 Å². The van der Waals surface area contributed by atoms with Gasteiger partial charge in [-0.3, -0.25) is 0 Å². The quantitative estimate of drug-likeness (QED) is 0.558. The monoisotopic (exact) mass is 447 g/mol. The predicted molar refractivity (Wildman–Crippen MR) is 103 cm³/mol. The van der Waals surface area contributed by atoms with Crippen molar-refractivity contribution in [1.29, 1.82) is 0 Å². The van der Waals surface area contributed by atoms with E-state index in [-0.39, 0.29) is 10.8 Å². The molecule has 1 aromatic heterocycles. The maximum absolute atomic E-state index is 12.7. The number of halogens is 1. The first-order valence-electron chi connectivity index (χ1n) is 7.97. The highest BCUT2D eigenvalue weighted by atomic mass is 79.9. The molecule has 0 atom stereocenters. The summed E-state index contributed by atoms with van der Waals surface area (Å²) in [5.74, 6) is 1.04. The summed E-state index contributed by atoms with van der Waals surface area (Å²) in [5.41, 5.74) is 2.31. The second-order valence-electron chi connectivity index (χ2n) is 5.79. The van der Waals surface area contributed by atoms with Crippen molar-refractivity contribution in [2.24, 2.45) is 0 Å². The lowest BCUT2D eigenvalue weighted by Crippen LogP contribution is -2.14. The maximum atomic E-state index is 12.7. The van der Waals surface area contributed by atoms with E-state index in [1.165, 1.54) is 25.4 Å². The van der Waals surface area contributed by atoms with E-state index in [0.717, 1.165) is 15.6 Å². The number of hydrogen-bond donors (Lipinski definition) is 0. The number of ether oxygens (including phenoxy) is 2. The third-order valence-electron chi connectivity index (χ3n) is 4.09. The van der Waals surface area contributed by atoms with Gasteiger partial charge in [-0.25, -0.2) is 4.98 Å². The minimum absolute atomic E-state index is 0.119. The average molecular weight is 448 g/mol. The third-order valence-corrected chi connectivity index (χ3v) is 5.74. The molecule has 0 radical (unpaired) electrons. The Hall–Kier alpha value is -2.58. The standard InChI is InChI=1S/C19H14BrNO5S/c1-24-14-9-16-19(15-8-13(20)6-5-12(15)11-25-16)17(10-14)26-27(22,23)18-4-2-3-7-21-18/h2-10H,11H2,1H3. The van der Waals surface area contributed by atoms with Gasteiger partial charge in [0.1, 0.15) is 18.1 Å². The molecule has 0 saturated heterocycles. The summed E-state index contributed by atoms with van der Waals surface area (Å²) < 4.78 is 42.8. The average Bonchev–Trinajstić information content (AvgIpc) is 2.67. The summed E-state index contributed by atoms with van der Waals surface area (Å²) in [6.07, 6.45) is 1.40. The first-order valence-corrected chi connectivity index (χ1v) is 10.2. The summed E-state index contributed by atoms with van der Waals surface area (Å²) in [4.78, 5) is 3.88. The van der Waals surface area contributed by atoms with Crippen LogP contribution in [0.5, 0.6) is 17.2 Å². The van der Waals surface area contributed by atoms with Crippen LogP contribution in [0.4, 0.5) is 0 Å². The zero-order chi connectivity index (χ0) is 19.0. The smallest absolute Gasteiger partial charge is 0.356 e. The summed E-state index contributed by atoms with van der Waals surface area (Å²) in [6.45, 7) is 0.370. The fourth-order valence-electron chi connectivity index (χ4n) is 2.85. The molecule has 1 aliphatic heterocycles. The molecule has 138 valence electrons. The number of hydrogen-bond acceptors (Lipinski definition) is 6. The van der Waals surface area contributed by atoms with Gasteiger partial charge in [-0.1, -0.05) is 28.1 Å². The van der Waals surface area contributed by atoms with Gasteiger partial charge < -0.3 is 13.7 Å². The molecule has 0 unspecified atom stereocenters. The van der Waals surface area contributed by atoms with E-state index in [4.69, 9.17) is 13.7 Å². The molecule has 0 bridgehead atoms. The fraction of sp³-hybridized carbons (Fsp3) is 0.105. The van der Waals surface area contributed by atoms with Gasteiger partial charge in [-0.15, -0.1) is 0 Å². The van der Waals surface area contributed by atoms with Crippen LogP contribution in [-0.4, -0.2) is 20.5 Å². The van der Waals surface area contributed by atoms with E-state index >= 15 is 0 Å². The van der Waals surface area contributed by atoms with E-state index < -0.39 is 10.1 Å². The second kappa shape index (κ2) is 6.86. The zero-order valence-electron chi connectivity index (χ0n) is 14.2. The Morgan fingerprint density at radius 3 is 2.74 bits per heavy atom. The molecule has 8 heteroatoms. The number of rotatable bonds is 4. The van der Waals surface area contributed by atoms with Crippen LogP contribution in [0.3, 0.4) is 0 Å². The predicted octanol–water partition coefficient (Wildman–Crippen LogP) is 4.18. The Morgan fingerprint density at radius 2 is 2.00 bits per heavy atom. The van der Waals surface area contributed by atoms with Crippen LogP contribution in [0.1, 0.15) is 5.56 Å². The second-order valence-corrected chi connectivity index (χ2v) is 8.20. The van der Waals surface area contributed by atoms with Crippen LogP contribution in [0.25, 0.3) is 11.1 Å². The van der Waals surface area contributed by atoms with E-state index in [2.05, 4.69) is 20.9 Å². The molecule has 1 aliphatic rings. The van der Waals surface area contributed by atoms with Crippen LogP contribution in [-0.2, 0) is 16.7 Å². The molecule has 6 nitrogen and oxygen atoms in total. The molecule has 0 saturated carbocycles. The SMILES string of the molecule is COc1cc2c(c(OS(=O)(=O)c3ccccn3)c1)-c1cc(Br)ccc1CO2. The lowest BCUT2D eigenvalue weighted by molar-refractivity contribution is 0.298. The Morgan fingerprint density at radius 1 is 1.15 bits per heavy atom. The summed E-state index contributed by atoms with van der Waals surface area (Å²) in [7, 11) is -2.63. The van der Waals surface area contributed by atoms with Crippen LogP contribution in [0, 0.1) is 0 Å². The number of pyridine rings is 1. The van der Waals surface area contributed by atoms with Gasteiger partial charge >= 0.3 is 10.1 Å². The summed E-state index contributed by atoms with van der Waals surface area (Å²) in [5, 5.41) is -0.173. The van der Waals surface area contributed by atoms with Gasteiger partial charge in [0, 0.05) is 22.8 Å². The van der Waals surface area contributed by atoms with Crippen LogP contribution in [0.2, 0.25) is 0 Å².